The Morgan fingerprint density at radius 2 is 1.97 bits per heavy atom. The topological polar surface area (TPSA) is 158 Å². The summed E-state index contributed by atoms with van der Waals surface area (Å²) in [4.78, 5) is 29.7. The van der Waals surface area contributed by atoms with E-state index in [0.717, 1.165) is 0 Å². The zero-order valence-electron chi connectivity index (χ0n) is 17.0. The van der Waals surface area contributed by atoms with Crippen LogP contribution in [0.25, 0.3) is 22.5 Å². The molecule has 1 aromatic carbocycles. The lowest BCUT2D eigenvalue weighted by molar-refractivity contribution is -0.144. The largest absolute Gasteiger partial charge is 0.494 e. The number of benzene rings is 1. The second-order valence-corrected chi connectivity index (χ2v) is 7.33. The van der Waals surface area contributed by atoms with Crippen molar-refractivity contribution in [3.8, 4) is 28.3 Å². The molecule has 0 bridgehead atoms. The van der Waals surface area contributed by atoms with E-state index in [2.05, 4.69) is 10.1 Å². The van der Waals surface area contributed by atoms with Gasteiger partial charge in [-0.1, -0.05) is 23.4 Å². The number of pyridine rings is 1. The summed E-state index contributed by atoms with van der Waals surface area (Å²) >= 11 is 0. The third kappa shape index (κ3) is 3.36. The van der Waals surface area contributed by atoms with Gasteiger partial charge in [-0.25, -0.2) is 4.98 Å². The molecule has 3 aromatic rings. The highest BCUT2D eigenvalue weighted by molar-refractivity contribution is 5.98. The molecule has 0 spiro atoms. The number of methoxy groups -OCH3 is 1. The van der Waals surface area contributed by atoms with Crippen molar-refractivity contribution in [2.45, 2.75) is 12.0 Å². The molecule has 10 heteroatoms. The molecule has 1 saturated heterocycles. The molecule has 5 N–H and O–H groups in total. The number of carbonyl (C=O) groups excluding carboxylic acids is 2. The number of hydrogen-bond acceptors (Lipinski definition) is 8. The van der Waals surface area contributed by atoms with Gasteiger partial charge >= 0.3 is 0 Å². The van der Waals surface area contributed by atoms with Crippen LogP contribution in [0.15, 0.2) is 40.9 Å². The summed E-state index contributed by atoms with van der Waals surface area (Å²) in [5, 5.41) is 14.8. The van der Waals surface area contributed by atoms with Gasteiger partial charge in [-0.2, -0.15) is 0 Å². The number of primary amides is 1. The predicted molar refractivity (Wildman–Crippen MR) is 111 cm³/mol. The molecule has 0 saturated carbocycles. The van der Waals surface area contributed by atoms with E-state index in [1.165, 1.54) is 12.0 Å². The van der Waals surface area contributed by atoms with Crippen LogP contribution >= 0.6 is 0 Å². The number of aliphatic hydroxyl groups is 1. The lowest BCUT2D eigenvalue weighted by Crippen LogP contribution is -2.35. The molecule has 0 aliphatic carbocycles. The van der Waals surface area contributed by atoms with Crippen molar-refractivity contribution in [2.24, 2.45) is 5.73 Å². The molecule has 0 unspecified atom stereocenters. The molecule has 2 aromatic heterocycles. The van der Waals surface area contributed by atoms with Crippen molar-refractivity contribution < 1.29 is 24.0 Å². The van der Waals surface area contributed by atoms with Crippen LogP contribution in [-0.2, 0) is 10.4 Å². The lowest BCUT2D eigenvalue weighted by atomic mass is 9.97. The van der Waals surface area contributed by atoms with Crippen molar-refractivity contribution in [3.05, 3.63) is 47.9 Å². The van der Waals surface area contributed by atoms with Gasteiger partial charge in [-0.05, 0) is 6.07 Å². The quantitative estimate of drug-likeness (QED) is 0.551. The molecule has 1 atom stereocenters. The van der Waals surface area contributed by atoms with Gasteiger partial charge in [0.2, 0.25) is 5.60 Å². The first-order chi connectivity index (χ1) is 14.7. The summed E-state index contributed by atoms with van der Waals surface area (Å²) in [6.07, 6.45) is 0.224. The maximum absolute atomic E-state index is 12.3. The lowest BCUT2D eigenvalue weighted by Gasteiger charge is -2.16. The number of nitrogens with zero attached hydrogens (tertiary/aromatic N) is 3. The predicted octanol–water partition coefficient (Wildman–Crippen LogP) is 1.14. The average Bonchev–Trinajstić information content (AvgIpc) is 3.36. The average molecular weight is 423 g/mol. The highest BCUT2D eigenvalue weighted by atomic mass is 16.5. The van der Waals surface area contributed by atoms with Crippen molar-refractivity contribution in [3.63, 3.8) is 0 Å². The molecule has 4 rings (SSSR count). The molecular formula is C21H21N5O5. The van der Waals surface area contributed by atoms with E-state index >= 15 is 0 Å². The molecular weight excluding hydrogens is 402 g/mol. The maximum Gasteiger partial charge on any atom is 0.269 e. The first-order valence-corrected chi connectivity index (χ1v) is 9.45. The fraction of sp³-hybridized carbons (Fsp3) is 0.238. The van der Waals surface area contributed by atoms with Crippen LogP contribution in [0.2, 0.25) is 0 Å². The number of likely N-dealkylation sites (tertiary alicyclic amines) is 1. The van der Waals surface area contributed by atoms with E-state index < -0.39 is 17.4 Å². The Morgan fingerprint density at radius 3 is 2.58 bits per heavy atom. The molecule has 0 radical (unpaired) electrons. The number of amides is 2. The van der Waals surface area contributed by atoms with E-state index in [1.54, 1.807) is 43.4 Å². The third-order valence-electron chi connectivity index (χ3n) is 5.36. The van der Waals surface area contributed by atoms with Crippen LogP contribution in [0.1, 0.15) is 22.7 Å². The zero-order valence-corrected chi connectivity index (χ0v) is 17.0. The van der Waals surface area contributed by atoms with Gasteiger partial charge < -0.3 is 30.7 Å². The monoisotopic (exact) mass is 423 g/mol. The Bertz CT molecular complexity index is 1190. The van der Waals surface area contributed by atoms with Gasteiger partial charge in [0.1, 0.15) is 17.1 Å². The van der Waals surface area contributed by atoms with Crippen molar-refractivity contribution >= 4 is 17.5 Å². The molecule has 1 fully saturated rings. The number of ether oxygens (including phenoxy) is 1. The van der Waals surface area contributed by atoms with Gasteiger partial charge in [0.25, 0.3) is 11.8 Å². The Hall–Kier alpha value is -3.92. The fourth-order valence-electron chi connectivity index (χ4n) is 3.56. The Kier molecular flexibility index (Phi) is 4.86. The molecule has 160 valence electrons. The van der Waals surface area contributed by atoms with Crippen LogP contribution < -0.4 is 16.2 Å². The summed E-state index contributed by atoms with van der Waals surface area (Å²) in [5.74, 6) is -0.833. The van der Waals surface area contributed by atoms with Gasteiger partial charge in [-0.15, -0.1) is 0 Å². The zero-order chi connectivity index (χ0) is 22.3. The molecule has 3 heterocycles. The number of hydrogen-bond donors (Lipinski definition) is 3. The van der Waals surface area contributed by atoms with E-state index in [9.17, 15) is 14.7 Å². The van der Waals surface area contributed by atoms with E-state index in [0.29, 0.717) is 29.1 Å². The van der Waals surface area contributed by atoms with Crippen molar-refractivity contribution in [2.75, 3.05) is 26.4 Å². The molecule has 31 heavy (non-hydrogen) atoms. The first kappa shape index (κ1) is 20.4. The van der Waals surface area contributed by atoms with Crippen LogP contribution in [0.3, 0.4) is 0 Å². The second-order valence-electron chi connectivity index (χ2n) is 7.33. The minimum Gasteiger partial charge on any atom is -0.494 e. The summed E-state index contributed by atoms with van der Waals surface area (Å²) in [6, 6.07) is 10.3. The standard InChI is InChI=1S/C21H21N5O5/c1-26-7-6-21(29,20(26)28)16-10-14(25-31-16)12-5-3-4-11(8-12)13-9-15(30-2)17(22)18(24-13)19(23)27/h3-5,8-10,29H,6-7,22H2,1-2H3,(H2,23,27)/t21-/m1/s1. The Morgan fingerprint density at radius 1 is 1.26 bits per heavy atom. The number of nitrogens with two attached hydrogens (primary N) is 2. The summed E-state index contributed by atoms with van der Waals surface area (Å²) in [6.45, 7) is 0.424. The fourth-order valence-corrected chi connectivity index (χ4v) is 3.56. The summed E-state index contributed by atoms with van der Waals surface area (Å²) in [7, 11) is 3.05. The van der Waals surface area contributed by atoms with Crippen LogP contribution in [0.5, 0.6) is 5.75 Å². The minimum absolute atomic E-state index is 0.0653. The highest BCUT2D eigenvalue weighted by Gasteiger charge is 2.48. The van der Waals surface area contributed by atoms with Crippen LogP contribution in [0, 0.1) is 0 Å². The van der Waals surface area contributed by atoms with Crippen molar-refractivity contribution in [1.82, 2.24) is 15.0 Å². The summed E-state index contributed by atoms with van der Waals surface area (Å²) in [5.41, 5.74) is 11.7. The van der Waals surface area contributed by atoms with Crippen LogP contribution in [0.4, 0.5) is 5.69 Å². The molecule has 1 aliphatic heterocycles. The number of anilines is 1. The van der Waals surface area contributed by atoms with E-state index in [4.69, 9.17) is 20.7 Å². The number of nitrogen functional groups attached to an aromatic ring is 1. The number of carbonyl (C=O) groups is 2. The van der Waals surface area contributed by atoms with Gasteiger partial charge in [0.15, 0.2) is 11.5 Å². The first-order valence-electron chi connectivity index (χ1n) is 9.45. The summed E-state index contributed by atoms with van der Waals surface area (Å²) < 4.78 is 10.6. The van der Waals surface area contributed by atoms with Gasteiger partial charge in [0, 0.05) is 43.3 Å². The second kappa shape index (κ2) is 7.40. The van der Waals surface area contributed by atoms with E-state index in [1.807, 2.05) is 0 Å². The maximum atomic E-state index is 12.3. The highest BCUT2D eigenvalue weighted by Crippen LogP contribution is 2.36. The Balaban J connectivity index is 1.73. The Labute approximate surface area is 177 Å². The SMILES string of the molecule is COc1cc(-c2cccc(-c3cc([C@]4(O)CCN(C)C4=O)on3)c2)nc(C(N)=O)c1N. The number of rotatable bonds is 5. The van der Waals surface area contributed by atoms with Crippen molar-refractivity contribution in [1.29, 1.82) is 0 Å². The van der Waals surface area contributed by atoms with Crippen LogP contribution in [-0.4, -0.2) is 52.7 Å². The normalized spacial score (nSPS) is 18.4. The molecule has 1 aliphatic rings. The minimum atomic E-state index is -1.72. The molecule has 10 nitrogen and oxygen atoms in total. The number of aromatic nitrogens is 2. The molecule has 2 amide bonds. The van der Waals surface area contributed by atoms with E-state index in [-0.39, 0.29) is 29.3 Å². The number of likely N-dealkylation sites (N-methyl/N-ethyl adjacent to an activating group) is 1. The van der Waals surface area contributed by atoms with Gasteiger partial charge in [0.05, 0.1) is 12.8 Å². The van der Waals surface area contributed by atoms with Gasteiger partial charge in [-0.3, -0.25) is 9.59 Å². The smallest absolute Gasteiger partial charge is 0.269 e. The third-order valence-corrected chi connectivity index (χ3v) is 5.36.